The number of methoxy groups -OCH3 is 2. The molecule has 0 radical (unpaired) electrons. The van der Waals surface area contributed by atoms with Crippen molar-refractivity contribution < 1.29 is 27.5 Å². The molecule has 11 heteroatoms. The largest absolute Gasteiger partial charge is 0.497 e. The molecule has 0 fully saturated rings. The smallest absolute Gasteiger partial charge is 0.264 e. The van der Waals surface area contributed by atoms with Crippen molar-refractivity contribution >= 4 is 39.1 Å². The van der Waals surface area contributed by atoms with E-state index in [0.717, 1.165) is 9.87 Å². The van der Waals surface area contributed by atoms with Gasteiger partial charge in [-0.3, -0.25) is 13.9 Å². The molecular weight excluding hydrogens is 578 g/mol. The average molecular weight is 616 g/mol. The number of carbonyl (C=O) groups is 2. The van der Waals surface area contributed by atoms with E-state index in [1.807, 2.05) is 20.8 Å². The Morgan fingerprint density at radius 2 is 1.67 bits per heavy atom. The molecule has 9 nitrogen and oxygen atoms in total. The summed E-state index contributed by atoms with van der Waals surface area (Å²) in [6, 6.07) is 17.0. The molecule has 0 saturated heterocycles. The molecule has 3 rings (SSSR count). The summed E-state index contributed by atoms with van der Waals surface area (Å²) in [4.78, 5) is 28.7. The minimum absolute atomic E-state index is 0.00488. The second-order valence-corrected chi connectivity index (χ2v) is 12.3. The van der Waals surface area contributed by atoms with Crippen molar-refractivity contribution in [1.82, 2.24) is 10.2 Å². The summed E-state index contributed by atoms with van der Waals surface area (Å²) >= 11 is 6.21. The molecule has 0 heterocycles. The third kappa shape index (κ3) is 7.95. The van der Waals surface area contributed by atoms with Crippen LogP contribution in [0.2, 0.25) is 5.02 Å². The lowest BCUT2D eigenvalue weighted by Crippen LogP contribution is -2.52. The number of hydrogen-bond acceptors (Lipinski definition) is 6. The van der Waals surface area contributed by atoms with Crippen molar-refractivity contribution in [3.63, 3.8) is 0 Å². The first-order valence-electron chi connectivity index (χ1n) is 13.6. The lowest BCUT2D eigenvalue weighted by Gasteiger charge is -2.33. The zero-order chi connectivity index (χ0) is 31.0. The molecule has 226 valence electrons. The standard InChI is InChI=1S/C31H38ClN3O6S/c1-7-22(3)33-31(37)23(4)34(19-24-9-8-10-25(32)17-24)30(36)20-35(28-18-26(40-5)13-16-29(28)41-6)42(38,39)27-14-11-21(2)12-15-27/h8-18,22-23H,7,19-20H2,1-6H3,(H,33,37)/t22-,23+/m1/s1. The highest BCUT2D eigenvalue weighted by atomic mass is 35.5. The molecule has 42 heavy (non-hydrogen) atoms. The summed E-state index contributed by atoms with van der Waals surface area (Å²) in [5, 5.41) is 3.39. The summed E-state index contributed by atoms with van der Waals surface area (Å²) in [6.07, 6.45) is 0.707. The van der Waals surface area contributed by atoms with Crippen LogP contribution in [-0.4, -0.2) is 58.0 Å². The fourth-order valence-corrected chi connectivity index (χ4v) is 5.85. The van der Waals surface area contributed by atoms with Crippen molar-refractivity contribution in [3.05, 3.63) is 82.9 Å². The summed E-state index contributed by atoms with van der Waals surface area (Å²) in [6.45, 7) is 6.70. The summed E-state index contributed by atoms with van der Waals surface area (Å²) in [5.41, 5.74) is 1.68. The van der Waals surface area contributed by atoms with E-state index in [2.05, 4.69) is 5.32 Å². The van der Waals surface area contributed by atoms with E-state index in [1.54, 1.807) is 55.5 Å². The van der Waals surface area contributed by atoms with Gasteiger partial charge in [0.25, 0.3) is 10.0 Å². The van der Waals surface area contributed by atoms with E-state index in [1.165, 1.54) is 37.3 Å². The summed E-state index contributed by atoms with van der Waals surface area (Å²) < 4.78 is 40.1. The molecule has 0 aromatic heterocycles. The van der Waals surface area contributed by atoms with Crippen LogP contribution in [0.4, 0.5) is 5.69 Å². The average Bonchev–Trinajstić information content (AvgIpc) is 2.97. The van der Waals surface area contributed by atoms with Gasteiger partial charge in [0.2, 0.25) is 11.8 Å². The minimum Gasteiger partial charge on any atom is -0.497 e. The zero-order valence-electron chi connectivity index (χ0n) is 24.8. The Bertz CT molecular complexity index is 1500. The van der Waals surface area contributed by atoms with Crippen molar-refractivity contribution in [2.75, 3.05) is 25.1 Å². The molecule has 3 aromatic carbocycles. The molecule has 0 spiro atoms. The molecule has 0 bridgehead atoms. The monoisotopic (exact) mass is 615 g/mol. The van der Waals surface area contributed by atoms with Crippen LogP contribution >= 0.6 is 11.6 Å². The van der Waals surface area contributed by atoms with E-state index in [0.29, 0.717) is 22.8 Å². The lowest BCUT2D eigenvalue weighted by atomic mass is 10.1. The Kier molecular flexibility index (Phi) is 11.2. The van der Waals surface area contributed by atoms with Gasteiger partial charge in [-0.2, -0.15) is 0 Å². The normalized spacial score (nSPS) is 12.6. The third-order valence-corrected chi connectivity index (χ3v) is 8.96. The van der Waals surface area contributed by atoms with Gasteiger partial charge in [0.15, 0.2) is 0 Å². The van der Waals surface area contributed by atoms with Crippen molar-refractivity contribution in [3.8, 4) is 11.5 Å². The topological polar surface area (TPSA) is 105 Å². The molecule has 2 amide bonds. The van der Waals surface area contributed by atoms with Gasteiger partial charge in [0.05, 0.1) is 24.8 Å². The highest BCUT2D eigenvalue weighted by Crippen LogP contribution is 2.36. The zero-order valence-corrected chi connectivity index (χ0v) is 26.3. The molecule has 0 aliphatic rings. The van der Waals surface area contributed by atoms with Gasteiger partial charge < -0.3 is 19.7 Å². The van der Waals surface area contributed by atoms with Gasteiger partial charge in [-0.05, 0) is 69.2 Å². The van der Waals surface area contributed by atoms with Crippen molar-refractivity contribution in [1.29, 1.82) is 0 Å². The van der Waals surface area contributed by atoms with Gasteiger partial charge in [-0.15, -0.1) is 0 Å². The van der Waals surface area contributed by atoms with E-state index < -0.39 is 28.5 Å². The second kappa shape index (κ2) is 14.4. The van der Waals surface area contributed by atoms with Crippen LogP contribution in [0.5, 0.6) is 11.5 Å². The molecule has 1 N–H and O–H groups in total. The maximum Gasteiger partial charge on any atom is 0.264 e. The number of halogens is 1. The van der Waals surface area contributed by atoms with Crippen LogP contribution in [0, 0.1) is 6.92 Å². The molecule has 0 aliphatic heterocycles. The molecule has 3 aromatic rings. The van der Waals surface area contributed by atoms with Crippen LogP contribution in [0.3, 0.4) is 0 Å². The van der Waals surface area contributed by atoms with Gasteiger partial charge in [0, 0.05) is 23.7 Å². The van der Waals surface area contributed by atoms with Crippen molar-refractivity contribution in [2.45, 2.75) is 57.6 Å². The number of hydrogen-bond donors (Lipinski definition) is 1. The number of amides is 2. The number of ether oxygens (including phenoxy) is 2. The second-order valence-electron chi connectivity index (χ2n) is 10.0. The van der Waals surface area contributed by atoms with Crippen LogP contribution in [0.15, 0.2) is 71.6 Å². The van der Waals surface area contributed by atoms with Gasteiger partial charge >= 0.3 is 0 Å². The van der Waals surface area contributed by atoms with E-state index in [9.17, 15) is 18.0 Å². The fourth-order valence-electron chi connectivity index (χ4n) is 4.22. The highest BCUT2D eigenvalue weighted by Gasteiger charge is 2.34. The SMILES string of the molecule is CC[C@@H](C)NC(=O)[C@H](C)N(Cc1cccc(Cl)c1)C(=O)CN(c1cc(OC)ccc1OC)S(=O)(=O)c1ccc(C)cc1. The van der Waals surface area contributed by atoms with Crippen LogP contribution in [0.25, 0.3) is 0 Å². The Hall–Kier alpha value is -3.76. The first kappa shape index (κ1) is 32.8. The number of aryl methyl sites for hydroxylation is 1. The Morgan fingerprint density at radius 1 is 0.976 bits per heavy atom. The highest BCUT2D eigenvalue weighted by molar-refractivity contribution is 7.92. The fraction of sp³-hybridized carbons (Fsp3) is 0.355. The molecule has 0 aliphatic carbocycles. The van der Waals surface area contributed by atoms with Crippen LogP contribution < -0.4 is 19.1 Å². The minimum atomic E-state index is -4.28. The van der Waals surface area contributed by atoms with E-state index in [-0.39, 0.29) is 34.8 Å². The molecular formula is C31H38ClN3O6S. The van der Waals surface area contributed by atoms with E-state index >= 15 is 0 Å². The van der Waals surface area contributed by atoms with Crippen LogP contribution in [-0.2, 0) is 26.2 Å². The number of carbonyl (C=O) groups excluding carboxylic acids is 2. The lowest BCUT2D eigenvalue weighted by molar-refractivity contribution is -0.139. The Morgan fingerprint density at radius 3 is 2.26 bits per heavy atom. The number of nitrogens with zero attached hydrogens (tertiary/aromatic N) is 2. The first-order chi connectivity index (χ1) is 19.9. The Labute approximate surface area is 253 Å². The molecule has 0 unspecified atom stereocenters. The summed E-state index contributed by atoms with van der Waals surface area (Å²) in [7, 11) is -1.41. The predicted octanol–water partition coefficient (Wildman–Crippen LogP) is 5.19. The number of anilines is 1. The number of sulfonamides is 1. The number of benzene rings is 3. The molecule has 2 atom stereocenters. The quantitative estimate of drug-likeness (QED) is 0.284. The Balaban J connectivity index is 2.12. The maximum atomic E-state index is 14.1. The van der Waals surface area contributed by atoms with Crippen LogP contribution in [0.1, 0.15) is 38.3 Å². The summed E-state index contributed by atoms with van der Waals surface area (Å²) in [5.74, 6) is -0.350. The van der Waals surface area contributed by atoms with Gasteiger partial charge in [-0.1, -0.05) is 48.4 Å². The van der Waals surface area contributed by atoms with Crippen molar-refractivity contribution in [2.24, 2.45) is 0 Å². The first-order valence-corrected chi connectivity index (χ1v) is 15.4. The van der Waals surface area contributed by atoms with Gasteiger partial charge in [-0.25, -0.2) is 8.42 Å². The number of rotatable bonds is 13. The molecule has 0 saturated carbocycles. The third-order valence-electron chi connectivity index (χ3n) is 6.95. The van der Waals surface area contributed by atoms with Gasteiger partial charge in [0.1, 0.15) is 24.1 Å². The maximum absolute atomic E-state index is 14.1. The number of nitrogens with one attached hydrogen (secondary N) is 1. The predicted molar refractivity (Wildman–Crippen MR) is 165 cm³/mol. The van der Waals surface area contributed by atoms with E-state index in [4.69, 9.17) is 21.1 Å².